The van der Waals surface area contributed by atoms with Gasteiger partial charge in [-0.25, -0.2) is 4.98 Å². The number of anilines is 1. The number of pyridine rings is 1. The van der Waals surface area contributed by atoms with E-state index in [0.717, 1.165) is 18.4 Å². The molecular weight excluding hydrogens is 354 g/mol. The van der Waals surface area contributed by atoms with Crippen LogP contribution in [0.15, 0.2) is 53.5 Å². The van der Waals surface area contributed by atoms with Gasteiger partial charge in [-0.2, -0.15) is 0 Å². The summed E-state index contributed by atoms with van der Waals surface area (Å²) in [5, 5.41) is 2.95. The van der Waals surface area contributed by atoms with Crippen molar-refractivity contribution in [3.05, 3.63) is 70.3 Å². The fraction of sp³-hybridized carbons (Fsp3) is 0.318. The summed E-state index contributed by atoms with van der Waals surface area (Å²) in [5.41, 5.74) is 2.62. The number of rotatable bonds is 7. The summed E-state index contributed by atoms with van der Waals surface area (Å²) in [4.78, 5) is 29.2. The smallest absolute Gasteiger partial charge is 0.258 e. The molecule has 0 atom stereocenters. The highest BCUT2D eigenvalue weighted by Crippen LogP contribution is 2.25. The molecule has 6 nitrogen and oxygen atoms in total. The van der Waals surface area contributed by atoms with Crippen LogP contribution in [-0.4, -0.2) is 15.3 Å². The van der Waals surface area contributed by atoms with Gasteiger partial charge in [-0.3, -0.25) is 14.0 Å². The molecule has 2 heterocycles. The lowest BCUT2D eigenvalue weighted by molar-refractivity contribution is -0.120. The first-order chi connectivity index (χ1) is 13.5. The summed E-state index contributed by atoms with van der Waals surface area (Å²) in [5.74, 6) is 0.505. The molecule has 1 amide bonds. The van der Waals surface area contributed by atoms with Crippen LogP contribution in [-0.2, 0) is 11.4 Å². The molecule has 6 heteroatoms. The lowest BCUT2D eigenvalue weighted by Gasteiger charge is -2.16. The Bertz CT molecular complexity index is 1040. The van der Waals surface area contributed by atoms with Crippen LogP contribution in [0.4, 0.5) is 5.69 Å². The van der Waals surface area contributed by atoms with Crippen molar-refractivity contribution in [3.63, 3.8) is 0 Å². The third-order valence-corrected chi connectivity index (χ3v) is 4.75. The summed E-state index contributed by atoms with van der Waals surface area (Å²) in [6.07, 6.45) is 3.29. The van der Waals surface area contributed by atoms with E-state index in [4.69, 9.17) is 4.74 Å². The largest absolute Gasteiger partial charge is 0.485 e. The zero-order valence-electron chi connectivity index (χ0n) is 16.4. The van der Waals surface area contributed by atoms with E-state index in [1.807, 2.05) is 51.1 Å². The number of aryl methyl sites for hydroxylation is 1. The van der Waals surface area contributed by atoms with E-state index in [1.54, 1.807) is 12.3 Å². The van der Waals surface area contributed by atoms with Gasteiger partial charge in [-0.15, -0.1) is 0 Å². The quantitative estimate of drug-likeness (QED) is 0.674. The minimum absolute atomic E-state index is 0.0152. The molecule has 0 saturated heterocycles. The average Bonchev–Trinajstić information content (AvgIpc) is 2.68. The summed E-state index contributed by atoms with van der Waals surface area (Å²) in [6, 6.07) is 12.5. The van der Waals surface area contributed by atoms with Gasteiger partial charge in [0.25, 0.3) is 5.56 Å². The molecule has 3 rings (SSSR count). The minimum Gasteiger partial charge on any atom is -0.485 e. The first-order valence-corrected chi connectivity index (χ1v) is 9.53. The number of nitrogens with one attached hydrogen (secondary N) is 1. The number of para-hydroxylation sites is 2. The van der Waals surface area contributed by atoms with Crippen molar-refractivity contribution in [3.8, 4) is 5.75 Å². The van der Waals surface area contributed by atoms with Gasteiger partial charge in [0.2, 0.25) is 5.91 Å². The van der Waals surface area contributed by atoms with E-state index >= 15 is 0 Å². The monoisotopic (exact) mass is 379 g/mol. The molecule has 0 fully saturated rings. The van der Waals surface area contributed by atoms with Crippen LogP contribution in [0.3, 0.4) is 0 Å². The highest BCUT2D eigenvalue weighted by Gasteiger charge is 2.16. The Labute approximate surface area is 164 Å². The molecular formula is C22H25N3O3. The lowest BCUT2D eigenvalue weighted by atomic mass is 10.0. The number of hydrogen-bond donors (Lipinski definition) is 1. The van der Waals surface area contributed by atoms with Crippen molar-refractivity contribution in [1.82, 2.24) is 9.38 Å². The highest BCUT2D eigenvalue weighted by molar-refractivity contribution is 5.93. The third-order valence-electron chi connectivity index (χ3n) is 4.75. The third kappa shape index (κ3) is 4.39. The molecule has 0 spiro atoms. The standard InChI is InChI=1S/C22H25N3O3/c1-4-16(5-2)22(27)24-18-8-6-7-9-19(18)28-14-17-13-21(26)25-11-10-15(3)12-20(25)23-17/h6-13,16H,4-5,14H2,1-3H3,(H,24,27). The van der Waals surface area contributed by atoms with E-state index < -0.39 is 0 Å². The Hall–Kier alpha value is -3.15. The maximum absolute atomic E-state index is 12.4. The van der Waals surface area contributed by atoms with Gasteiger partial charge in [-0.05, 0) is 49.6 Å². The Balaban J connectivity index is 1.79. The van der Waals surface area contributed by atoms with Crippen molar-refractivity contribution in [2.45, 2.75) is 40.2 Å². The van der Waals surface area contributed by atoms with Crippen LogP contribution in [0.5, 0.6) is 5.75 Å². The van der Waals surface area contributed by atoms with E-state index in [0.29, 0.717) is 22.8 Å². The molecule has 0 radical (unpaired) electrons. The maximum atomic E-state index is 12.4. The lowest BCUT2D eigenvalue weighted by Crippen LogP contribution is -2.22. The average molecular weight is 379 g/mol. The molecule has 146 valence electrons. The minimum atomic E-state index is -0.154. The van der Waals surface area contributed by atoms with Crippen LogP contribution in [0.2, 0.25) is 0 Å². The first-order valence-electron chi connectivity index (χ1n) is 9.53. The summed E-state index contributed by atoms with van der Waals surface area (Å²) in [6.45, 7) is 6.09. The second-order valence-electron chi connectivity index (χ2n) is 6.81. The first kappa shape index (κ1) is 19.6. The van der Waals surface area contributed by atoms with Crippen molar-refractivity contribution < 1.29 is 9.53 Å². The molecule has 0 saturated carbocycles. The number of nitrogens with zero attached hydrogens (tertiary/aromatic N) is 2. The van der Waals surface area contributed by atoms with Gasteiger partial charge in [0.05, 0.1) is 11.4 Å². The molecule has 2 aromatic heterocycles. The number of hydrogen-bond acceptors (Lipinski definition) is 4. The molecule has 1 aromatic carbocycles. The molecule has 28 heavy (non-hydrogen) atoms. The van der Waals surface area contributed by atoms with Crippen molar-refractivity contribution >= 4 is 17.2 Å². The van der Waals surface area contributed by atoms with E-state index in [9.17, 15) is 9.59 Å². The van der Waals surface area contributed by atoms with E-state index in [2.05, 4.69) is 10.3 Å². The van der Waals surface area contributed by atoms with Crippen LogP contribution in [0.25, 0.3) is 5.65 Å². The maximum Gasteiger partial charge on any atom is 0.258 e. The zero-order chi connectivity index (χ0) is 20.1. The van der Waals surface area contributed by atoms with E-state index in [1.165, 1.54) is 10.5 Å². The van der Waals surface area contributed by atoms with Crippen molar-refractivity contribution in [2.75, 3.05) is 5.32 Å². The van der Waals surface area contributed by atoms with Crippen LogP contribution >= 0.6 is 0 Å². The number of ether oxygens (including phenoxy) is 1. The predicted molar refractivity (Wildman–Crippen MR) is 110 cm³/mol. The summed E-state index contributed by atoms with van der Waals surface area (Å²) in [7, 11) is 0. The molecule has 0 unspecified atom stereocenters. The highest BCUT2D eigenvalue weighted by atomic mass is 16.5. The topological polar surface area (TPSA) is 72.7 Å². The number of aromatic nitrogens is 2. The Morgan fingerprint density at radius 3 is 2.68 bits per heavy atom. The number of benzene rings is 1. The zero-order valence-corrected chi connectivity index (χ0v) is 16.4. The van der Waals surface area contributed by atoms with Crippen LogP contribution in [0.1, 0.15) is 37.9 Å². The number of carbonyl (C=O) groups is 1. The second kappa shape index (κ2) is 8.69. The molecule has 0 aliphatic carbocycles. The molecule has 0 aliphatic rings. The number of carbonyl (C=O) groups excluding carboxylic acids is 1. The van der Waals surface area contributed by atoms with Gasteiger partial charge in [0.1, 0.15) is 18.0 Å². The predicted octanol–water partition coefficient (Wildman–Crippen LogP) is 3.96. The molecule has 1 N–H and O–H groups in total. The SMILES string of the molecule is CCC(CC)C(=O)Nc1ccccc1OCc1cc(=O)n2ccc(C)cc2n1. The van der Waals surface area contributed by atoms with Gasteiger partial charge in [0, 0.05) is 18.2 Å². The van der Waals surface area contributed by atoms with Crippen molar-refractivity contribution in [1.29, 1.82) is 0 Å². The molecule has 0 bridgehead atoms. The van der Waals surface area contributed by atoms with Gasteiger partial charge in [-0.1, -0.05) is 26.0 Å². The molecule has 3 aromatic rings. The Morgan fingerprint density at radius 1 is 1.18 bits per heavy atom. The van der Waals surface area contributed by atoms with Gasteiger partial charge in [0.15, 0.2) is 0 Å². The fourth-order valence-corrected chi connectivity index (χ4v) is 3.07. The summed E-state index contributed by atoms with van der Waals surface area (Å²) < 4.78 is 7.38. The van der Waals surface area contributed by atoms with Crippen molar-refractivity contribution in [2.24, 2.45) is 5.92 Å². The Morgan fingerprint density at radius 2 is 1.93 bits per heavy atom. The van der Waals surface area contributed by atoms with Gasteiger partial charge >= 0.3 is 0 Å². The van der Waals surface area contributed by atoms with Gasteiger partial charge < -0.3 is 10.1 Å². The summed E-state index contributed by atoms with van der Waals surface area (Å²) >= 11 is 0. The van der Waals surface area contributed by atoms with Crippen LogP contribution < -0.4 is 15.6 Å². The Kier molecular flexibility index (Phi) is 6.09. The number of amides is 1. The fourth-order valence-electron chi connectivity index (χ4n) is 3.07. The second-order valence-corrected chi connectivity index (χ2v) is 6.81. The normalized spacial score (nSPS) is 11.0. The molecule has 0 aliphatic heterocycles. The number of fused-ring (bicyclic) bond motifs is 1. The van der Waals surface area contributed by atoms with Crippen LogP contribution in [0, 0.1) is 12.8 Å². The van der Waals surface area contributed by atoms with E-state index in [-0.39, 0.29) is 24.0 Å².